The molecule has 1 heterocycles. The van der Waals surface area contributed by atoms with Crippen molar-refractivity contribution in [1.82, 2.24) is 20.4 Å². The van der Waals surface area contributed by atoms with E-state index in [2.05, 4.69) is 15.7 Å². The van der Waals surface area contributed by atoms with Gasteiger partial charge in [-0.2, -0.15) is 5.10 Å². The van der Waals surface area contributed by atoms with Crippen molar-refractivity contribution in [2.75, 3.05) is 26.7 Å². The summed E-state index contributed by atoms with van der Waals surface area (Å²) in [5, 5.41) is 10.2. The summed E-state index contributed by atoms with van der Waals surface area (Å²) in [6.07, 6.45) is 2.62. The van der Waals surface area contributed by atoms with Crippen LogP contribution in [0.5, 0.6) is 5.75 Å². The molecule has 0 spiro atoms. The number of rotatable bonds is 8. The molecular weight excluding hydrogens is 316 g/mol. The van der Waals surface area contributed by atoms with Gasteiger partial charge in [-0.3, -0.25) is 4.79 Å². The van der Waals surface area contributed by atoms with Gasteiger partial charge in [0.2, 0.25) is 0 Å². The Morgan fingerprint density at radius 2 is 2.00 bits per heavy atom. The fourth-order valence-corrected chi connectivity index (χ4v) is 1.93. The van der Waals surface area contributed by atoms with Gasteiger partial charge in [0.15, 0.2) is 11.4 Å². The zero-order valence-corrected chi connectivity index (χ0v) is 14.2. The summed E-state index contributed by atoms with van der Waals surface area (Å²) < 4.78 is 7.32. The lowest BCUT2D eigenvalue weighted by Gasteiger charge is -2.05. The van der Waals surface area contributed by atoms with E-state index in [4.69, 9.17) is 4.74 Å². The van der Waals surface area contributed by atoms with Gasteiger partial charge in [-0.25, -0.2) is 4.68 Å². The molecule has 0 atom stereocenters. The molecule has 1 amide bonds. The number of halogens is 1. The first kappa shape index (κ1) is 19.0. The zero-order chi connectivity index (χ0) is 15.8. The van der Waals surface area contributed by atoms with Crippen LogP contribution in [0.1, 0.15) is 23.8 Å². The molecule has 23 heavy (non-hydrogen) atoms. The Labute approximate surface area is 142 Å². The Morgan fingerprint density at radius 3 is 2.65 bits per heavy atom. The number of nitrogens with zero attached hydrogens (tertiary/aromatic N) is 2. The fourth-order valence-electron chi connectivity index (χ4n) is 1.93. The molecule has 0 bridgehead atoms. The topological polar surface area (TPSA) is 68.2 Å². The Morgan fingerprint density at radius 1 is 1.26 bits per heavy atom. The van der Waals surface area contributed by atoms with Crippen LogP contribution in [0.2, 0.25) is 0 Å². The fraction of sp³-hybridized carbons (Fsp3) is 0.375. The molecule has 0 aliphatic rings. The molecule has 2 aromatic rings. The minimum absolute atomic E-state index is 0. The monoisotopic (exact) mass is 338 g/mol. The Balaban J connectivity index is 0.00000264. The van der Waals surface area contributed by atoms with Crippen molar-refractivity contribution in [3.63, 3.8) is 0 Å². The normalized spacial score (nSPS) is 10.0. The molecule has 0 saturated carbocycles. The van der Waals surface area contributed by atoms with Gasteiger partial charge in [0.25, 0.3) is 5.91 Å². The summed E-state index contributed by atoms with van der Waals surface area (Å²) in [5.41, 5.74) is 1.20. The van der Waals surface area contributed by atoms with E-state index >= 15 is 0 Å². The largest absolute Gasteiger partial charge is 0.489 e. The van der Waals surface area contributed by atoms with Crippen molar-refractivity contribution >= 4 is 18.3 Å². The summed E-state index contributed by atoms with van der Waals surface area (Å²) in [6.45, 7) is 3.82. The van der Waals surface area contributed by atoms with E-state index in [0.29, 0.717) is 31.1 Å². The first-order valence-corrected chi connectivity index (χ1v) is 7.47. The number of carbonyl (C=O) groups is 1. The van der Waals surface area contributed by atoms with Crippen molar-refractivity contribution < 1.29 is 9.53 Å². The molecule has 2 N–H and O–H groups in total. The van der Waals surface area contributed by atoms with Crippen LogP contribution in [0.15, 0.2) is 36.5 Å². The Hall–Kier alpha value is -2.05. The van der Waals surface area contributed by atoms with Crippen molar-refractivity contribution in [3.05, 3.63) is 42.2 Å². The van der Waals surface area contributed by atoms with Crippen LogP contribution in [-0.2, 0) is 0 Å². The van der Waals surface area contributed by atoms with E-state index in [1.54, 1.807) is 10.9 Å². The third-order valence-corrected chi connectivity index (χ3v) is 3.04. The number of benzene rings is 1. The molecule has 6 nitrogen and oxygen atoms in total. The number of amides is 1. The lowest BCUT2D eigenvalue weighted by molar-refractivity contribution is 0.0944. The summed E-state index contributed by atoms with van der Waals surface area (Å²) in [5.74, 6) is 0.281. The highest BCUT2D eigenvalue weighted by Crippen LogP contribution is 2.20. The van der Waals surface area contributed by atoms with Gasteiger partial charge in [-0.1, -0.05) is 25.1 Å². The predicted octanol–water partition coefficient (Wildman–Crippen LogP) is 2.03. The second-order valence-corrected chi connectivity index (χ2v) is 4.83. The summed E-state index contributed by atoms with van der Waals surface area (Å²) in [6, 6.07) is 9.65. The maximum absolute atomic E-state index is 12.3. The number of hydrogen-bond donors (Lipinski definition) is 2. The number of ether oxygens (including phenoxy) is 1. The van der Waals surface area contributed by atoms with Gasteiger partial charge in [0.05, 0.1) is 18.5 Å². The number of para-hydroxylation sites is 1. The maximum Gasteiger partial charge on any atom is 0.275 e. The molecule has 7 heteroatoms. The quantitative estimate of drug-likeness (QED) is 0.723. The van der Waals surface area contributed by atoms with E-state index in [-0.39, 0.29) is 18.3 Å². The second-order valence-electron chi connectivity index (χ2n) is 4.83. The van der Waals surface area contributed by atoms with Crippen molar-refractivity contribution in [2.24, 2.45) is 0 Å². The van der Waals surface area contributed by atoms with Gasteiger partial charge < -0.3 is 15.4 Å². The number of likely N-dealkylation sites (N-methyl/N-ethyl adjacent to an activating group) is 1. The molecule has 0 aliphatic carbocycles. The molecule has 0 fully saturated rings. The lowest BCUT2D eigenvalue weighted by Crippen LogP contribution is -2.31. The Bertz CT molecular complexity index is 601. The van der Waals surface area contributed by atoms with Crippen LogP contribution in [0.3, 0.4) is 0 Å². The van der Waals surface area contributed by atoms with Gasteiger partial charge >= 0.3 is 0 Å². The highest BCUT2D eigenvalue weighted by Gasteiger charge is 2.18. The molecular formula is C16H23ClN4O2. The predicted molar refractivity (Wildman–Crippen MR) is 92.9 cm³/mol. The minimum Gasteiger partial charge on any atom is -0.489 e. The Kier molecular flexibility index (Phi) is 8.15. The molecule has 126 valence electrons. The van der Waals surface area contributed by atoms with E-state index in [1.165, 1.54) is 0 Å². The molecule has 1 aromatic heterocycles. The van der Waals surface area contributed by atoms with Crippen LogP contribution in [0.25, 0.3) is 5.69 Å². The van der Waals surface area contributed by atoms with Crippen LogP contribution >= 0.6 is 12.4 Å². The number of carbonyl (C=O) groups excluding carboxylic acids is 1. The molecule has 0 radical (unpaired) electrons. The first-order chi connectivity index (χ1) is 10.8. The minimum atomic E-state index is -0.226. The number of nitrogens with one attached hydrogen (secondary N) is 2. The smallest absolute Gasteiger partial charge is 0.275 e. The highest BCUT2D eigenvalue weighted by molar-refractivity contribution is 5.94. The van der Waals surface area contributed by atoms with E-state index in [9.17, 15) is 4.79 Å². The van der Waals surface area contributed by atoms with E-state index in [0.717, 1.165) is 12.1 Å². The van der Waals surface area contributed by atoms with Crippen molar-refractivity contribution in [2.45, 2.75) is 13.3 Å². The number of aromatic nitrogens is 2. The van der Waals surface area contributed by atoms with Crippen LogP contribution in [-0.4, -0.2) is 42.4 Å². The summed E-state index contributed by atoms with van der Waals surface area (Å²) >= 11 is 0. The third kappa shape index (κ3) is 5.26. The lowest BCUT2D eigenvalue weighted by atomic mass is 10.3. The average Bonchev–Trinajstić information content (AvgIpc) is 2.98. The zero-order valence-electron chi connectivity index (χ0n) is 13.4. The first-order valence-electron chi connectivity index (χ1n) is 7.47. The third-order valence-electron chi connectivity index (χ3n) is 3.04. The van der Waals surface area contributed by atoms with Gasteiger partial charge in [0, 0.05) is 13.1 Å². The standard InChI is InChI=1S/C16H22N4O2.ClH/c1-3-11-22-14-12-20(13-7-5-4-6-8-13)19-15(14)16(21)18-10-9-17-2;/h4-8,12,17H,3,9-11H2,1-2H3,(H,18,21);1H. The number of hydrogen-bond acceptors (Lipinski definition) is 4. The van der Waals surface area contributed by atoms with E-state index in [1.807, 2.05) is 44.3 Å². The van der Waals surface area contributed by atoms with Gasteiger partial charge in [-0.05, 0) is 25.6 Å². The average molecular weight is 339 g/mol. The maximum atomic E-state index is 12.3. The molecule has 0 saturated heterocycles. The SMILES string of the molecule is CCCOc1cn(-c2ccccc2)nc1C(=O)NCCNC.Cl. The van der Waals surface area contributed by atoms with Crippen molar-refractivity contribution in [1.29, 1.82) is 0 Å². The van der Waals surface area contributed by atoms with E-state index < -0.39 is 0 Å². The van der Waals surface area contributed by atoms with Crippen LogP contribution in [0.4, 0.5) is 0 Å². The molecule has 0 aliphatic heterocycles. The molecule has 1 aromatic carbocycles. The molecule has 0 unspecified atom stereocenters. The van der Waals surface area contributed by atoms with Crippen LogP contribution < -0.4 is 15.4 Å². The van der Waals surface area contributed by atoms with Gasteiger partial charge in [0.1, 0.15) is 0 Å². The van der Waals surface area contributed by atoms with Gasteiger partial charge in [-0.15, -0.1) is 12.4 Å². The molecule has 2 rings (SSSR count). The second kappa shape index (κ2) is 9.86. The summed E-state index contributed by atoms with van der Waals surface area (Å²) in [4.78, 5) is 12.3. The summed E-state index contributed by atoms with van der Waals surface area (Å²) in [7, 11) is 1.84. The van der Waals surface area contributed by atoms with Crippen molar-refractivity contribution in [3.8, 4) is 11.4 Å². The van der Waals surface area contributed by atoms with Crippen LogP contribution in [0, 0.1) is 0 Å². The highest BCUT2D eigenvalue weighted by atomic mass is 35.5.